The van der Waals surface area contributed by atoms with Gasteiger partial charge in [0.1, 0.15) is 0 Å². The van der Waals surface area contributed by atoms with Crippen molar-refractivity contribution in [3.63, 3.8) is 0 Å². The standard InChI is InChI=1S/C15H31N3O2S/c1-15(2,3)14-10-16-7-9-17(14)11-13-6-5-8-18(12-13)21(4,19)20/h13-14,16H,5-12H2,1-4H3. The van der Waals surface area contributed by atoms with E-state index in [4.69, 9.17) is 0 Å². The number of piperazine rings is 1. The van der Waals surface area contributed by atoms with Gasteiger partial charge in [0.15, 0.2) is 0 Å². The van der Waals surface area contributed by atoms with Crippen LogP contribution < -0.4 is 5.32 Å². The molecular weight excluding hydrogens is 286 g/mol. The lowest BCUT2D eigenvalue weighted by Gasteiger charge is -2.46. The van der Waals surface area contributed by atoms with Gasteiger partial charge in [0.25, 0.3) is 0 Å². The molecule has 0 bridgehead atoms. The molecule has 2 heterocycles. The van der Waals surface area contributed by atoms with Crippen LogP contribution in [0.25, 0.3) is 0 Å². The van der Waals surface area contributed by atoms with Crippen LogP contribution in [0.4, 0.5) is 0 Å². The molecule has 6 heteroatoms. The van der Waals surface area contributed by atoms with Gasteiger partial charge in [-0.25, -0.2) is 12.7 Å². The van der Waals surface area contributed by atoms with Crippen molar-refractivity contribution in [3.05, 3.63) is 0 Å². The Balaban J connectivity index is 1.99. The van der Waals surface area contributed by atoms with Gasteiger partial charge in [0, 0.05) is 45.3 Å². The minimum Gasteiger partial charge on any atom is -0.314 e. The first-order chi connectivity index (χ1) is 9.68. The van der Waals surface area contributed by atoms with Crippen LogP contribution in [0.3, 0.4) is 0 Å². The molecule has 0 aromatic heterocycles. The van der Waals surface area contributed by atoms with Gasteiger partial charge in [0.05, 0.1) is 6.26 Å². The smallest absolute Gasteiger partial charge is 0.211 e. The summed E-state index contributed by atoms with van der Waals surface area (Å²) in [5.74, 6) is 0.469. The number of rotatable bonds is 3. The lowest BCUT2D eigenvalue weighted by molar-refractivity contribution is 0.0523. The van der Waals surface area contributed by atoms with Gasteiger partial charge in [-0.3, -0.25) is 4.90 Å². The molecule has 21 heavy (non-hydrogen) atoms. The van der Waals surface area contributed by atoms with Crippen LogP contribution in [0.1, 0.15) is 33.6 Å². The first-order valence-corrected chi connectivity index (χ1v) is 9.92. The van der Waals surface area contributed by atoms with Crippen LogP contribution in [-0.2, 0) is 10.0 Å². The Kier molecular flexibility index (Phi) is 5.34. The fourth-order valence-electron chi connectivity index (χ4n) is 3.63. The molecule has 2 saturated heterocycles. The third-order valence-corrected chi connectivity index (χ3v) is 6.07. The minimum absolute atomic E-state index is 0.249. The second-order valence-electron chi connectivity index (χ2n) is 7.71. The van der Waals surface area contributed by atoms with Gasteiger partial charge in [-0.1, -0.05) is 20.8 Å². The summed E-state index contributed by atoms with van der Waals surface area (Å²) in [6.45, 7) is 12.4. The molecule has 0 aliphatic carbocycles. The van der Waals surface area contributed by atoms with E-state index in [0.29, 0.717) is 25.0 Å². The van der Waals surface area contributed by atoms with Crippen LogP contribution >= 0.6 is 0 Å². The monoisotopic (exact) mass is 317 g/mol. The molecule has 0 saturated carbocycles. The molecule has 0 radical (unpaired) electrons. The first kappa shape index (κ1) is 17.2. The van der Waals surface area contributed by atoms with Crippen LogP contribution in [-0.4, -0.2) is 69.2 Å². The zero-order chi connectivity index (χ0) is 15.7. The molecular formula is C15H31N3O2S. The number of sulfonamides is 1. The van der Waals surface area contributed by atoms with E-state index in [2.05, 4.69) is 31.0 Å². The Morgan fingerprint density at radius 1 is 1.24 bits per heavy atom. The Bertz CT molecular complexity index is 444. The van der Waals surface area contributed by atoms with Gasteiger partial charge < -0.3 is 5.32 Å². The highest BCUT2D eigenvalue weighted by Gasteiger charge is 2.35. The van der Waals surface area contributed by atoms with E-state index in [-0.39, 0.29) is 5.41 Å². The van der Waals surface area contributed by atoms with Crippen LogP contribution in [0.2, 0.25) is 0 Å². The average Bonchev–Trinajstić information content (AvgIpc) is 2.37. The van der Waals surface area contributed by atoms with Crippen LogP contribution in [0.15, 0.2) is 0 Å². The Morgan fingerprint density at radius 3 is 2.57 bits per heavy atom. The van der Waals surface area contributed by atoms with Crippen molar-refractivity contribution in [1.82, 2.24) is 14.5 Å². The number of nitrogens with zero attached hydrogens (tertiary/aromatic N) is 2. The van der Waals surface area contributed by atoms with E-state index in [1.807, 2.05) is 0 Å². The Morgan fingerprint density at radius 2 is 1.95 bits per heavy atom. The molecule has 0 aromatic carbocycles. The van der Waals surface area contributed by atoms with Gasteiger partial charge >= 0.3 is 0 Å². The maximum Gasteiger partial charge on any atom is 0.211 e. The summed E-state index contributed by atoms with van der Waals surface area (Å²) in [5, 5.41) is 3.49. The summed E-state index contributed by atoms with van der Waals surface area (Å²) in [6, 6.07) is 0.528. The number of piperidine rings is 1. The largest absolute Gasteiger partial charge is 0.314 e. The van der Waals surface area contributed by atoms with Crippen molar-refractivity contribution in [2.45, 2.75) is 39.7 Å². The Hall–Kier alpha value is -0.170. The number of nitrogens with one attached hydrogen (secondary N) is 1. The topological polar surface area (TPSA) is 52.6 Å². The van der Waals surface area contributed by atoms with Crippen molar-refractivity contribution in [1.29, 1.82) is 0 Å². The zero-order valence-electron chi connectivity index (χ0n) is 13.9. The molecule has 5 nitrogen and oxygen atoms in total. The average molecular weight is 317 g/mol. The third kappa shape index (κ3) is 4.65. The summed E-state index contributed by atoms with van der Waals surface area (Å²) in [7, 11) is -3.04. The molecule has 1 N–H and O–H groups in total. The van der Waals surface area contributed by atoms with Crippen molar-refractivity contribution < 1.29 is 8.42 Å². The first-order valence-electron chi connectivity index (χ1n) is 8.08. The van der Waals surface area contributed by atoms with E-state index >= 15 is 0 Å². The van der Waals surface area contributed by atoms with Crippen LogP contribution in [0, 0.1) is 11.3 Å². The second-order valence-corrected chi connectivity index (χ2v) is 9.69. The lowest BCUT2D eigenvalue weighted by atomic mass is 9.83. The van der Waals surface area contributed by atoms with Gasteiger partial charge in [-0.15, -0.1) is 0 Å². The van der Waals surface area contributed by atoms with Gasteiger partial charge in [0.2, 0.25) is 10.0 Å². The molecule has 0 amide bonds. The van der Waals surface area contributed by atoms with Crippen molar-refractivity contribution >= 4 is 10.0 Å². The quantitative estimate of drug-likeness (QED) is 0.843. The van der Waals surface area contributed by atoms with Crippen LogP contribution in [0.5, 0.6) is 0 Å². The van der Waals surface area contributed by atoms with E-state index in [1.165, 1.54) is 6.26 Å². The number of hydrogen-bond acceptors (Lipinski definition) is 4. The maximum absolute atomic E-state index is 11.7. The highest BCUT2D eigenvalue weighted by atomic mass is 32.2. The predicted molar refractivity (Wildman–Crippen MR) is 86.8 cm³/mol. The molecule has 2 unspecified atom stereocenters. The zero-order valence-corrected chi connectivity index (χ0v) is 14.7. The highest BCUT2D eigenvalue weighted by molar-refractivity contribution is 7.88. The molecule has 2 atom stereocenters. The van der Waals surface area contributed by atoms with E-state index in [0.717, 1.165) is 39.0 Å². The molecule has 0 aromatic rings. The summed E-state index contributed by atoms with van der Waals surface area (Å²) in [5.41, 5.74) is 0.249. The second kappa shape index (κ2) is 6.52. The number of hydrogen-bond donors (Lipinski definition) is 1. The highest BCUT2D eigenvalue weighted by Crippen LogP contribution is 2.28. The molecule has 0 spiro atoms. The lowest BCUT2D eigenvalue weighted by Crippen LogP contribution is -2.58. The normalized spacial score (nSPS) is 30.5. The van der Waals surface area contributed by atoms with Gasteiger partial charge in [-0.05, 0) is 24.2 Å². The molecule has 2 rings (SSSR count). The fraction of sp³-hybridized carbons (Fsp3) is 1.00. The minimum atomic E-state index is -3.04. The van der Waals surface area contributed by atoms with Crippen molar-refractivity contribution in [3.8, 4) is 0 Å². The van der Waals surface area contributed by atoms with E-state index in [1.54, 1.807) is 4.31 Å². The van der Waals surface area contributed by atoms with Crippen molar-refractivity contribution in [2.24, 2.45) is 11.3 Å². The Labute approximate surface area is 130 Å². The summed E-state index contributed by atoms with van der Waals surface area (Å²) in [4.78, 5) is 2.58. The van der Waals surface area contributed by atoms with Crippen molar-refractivity contribution in [2.75, 3.05) is 45.5 Å². The summed E-state index contributed by atoms with van der Waals surface area (Å²) in [6.07, 6.45) is 3.47. The van der Waals surface area contributed by atoms with E-state index in [9.17, 15) is 8.42 Å². The molecule has 2 aliphatic rings. The fourth-order valence-corrected chi connectivity index (χ4v) is 4.57. The molecule has 2 aliphatic heterocycles. The molecule has 124 valence electrons. The SMILES string of the molecule is CC(C)(C)C1CNCCN1CC1CCCN(S(C)(=O)=O)C1. The maximum atomic E-state index is 11.7. The molecule has 2 fully saturated rings. The summed E-state index contributed by atoms with van der Waals surface area (Å²) >= 11 is 0. The van der Waals surface area contributed by atoms with E-state index < -0.39 is 10.0 Å². The van der Waals surface area contributed by atoms with Gasteiger partial charge in [-0.2, -0.15) is 0 Å². The predicted octanol–water partition coefficient (Wildman–Crippen LogP) is 0.978. The summed E-state index contributed by atoms with van der Waals surface area (Å²) < 4.78 is 25.2. The third-order valence-electron chi connectivity index (χ3n) is 4.80.